The van der Waals surface area contributed by atoms with E-state index in [1.165, 1.54) is 19.3 Å². The van der Waals surface area contributed by atoms with Crippen LogP contribution in [0.3, 0.4) is 0 Å². The fraction of sp³-hybridized carbons (Fsp3) is 0.471. The van der Waals surface area contributed by atoms with Gasteiger partial charge in [0.25, 0.3) is 0 Å². The summed E-state index contributed by atoms with van der Waals surface area (Å²) in [7, 11) is 0. The zero-order valence-corrected chi connectivity index (χ0v) is 13.6. The van der Waals surface area contributed by atoms with Gasteiger partial charge < -0.3 is 10.3 Å². The standard InChI is InChI=1S/C15H19N3O2.C2H6/c1-2-3-4-5-6-13-17-15(18-20-13)12-9-7-11(8-10-12)14(16)19;1-2/h7-10H,2-6H2,1H3,(H2,16,19);1-2H3. The first kappa shape index (κ1) is 17.9. The van der Waals surface area contributed by atoms with Crippen molar-refractivity contribution in [3.63, 3.8) is 0 Å². The minimum Gasteiger partial charge on any atom is -0.366 e. The van der Waals surface area contributed by atoms with E-state index in [1.54, 1.807) is 24.3 Å². The predicted octanol–water partition coefficient (Wildman–Crippen LogP) is 3.98. The Morgan fingerprint density at radius 1 is 1.14 bits per heavy atom. The van der Waals surface area contributed by atoms with Gasteiger partial charge in [0.15, 0.2) is 0 Å². The van der Waals surface area contributed by atoms with Gasteiger partial charge in [-0.05, 0) is 18.6 Å². The lowest BCUT2D eigenvalue weighted by molar-refractivity contribution is 0.100. The Bertz CT molecular complexity index is 562. The van der Waals surface area contributed by atoms with Crippen LogP contribution in [-0.2, 0) is 6.42 Å². The lowest BCUT2D eigenvalue weighted by atomic mass is 10.1. The van der Waals surface area contributed by atoms with Gasteiger partial charge >= 0.3 is 0 Å². The third-order valence-electron chi connectivity index (χ3n) is 3.14. The average molecular weight is 303 g/mol. The number of aryl methyl sites for hydroxylation is 1. The summed E-state index contributed by atoms with van der Waals surface area (Å²) < 4.78 is 5.22. The van der Waals surface area contributed by atoms with Gasteiger partial charge in [0.1, 0.15) is 0 Å². The van der Waals surface area contributed by atoms with Gasteiger partial charge in [0.05, 0.1) is 0 Å². The van der Waals surface area contributed by atoms with Gasteiger partial charge in [-0.3, -0.25) is 4.79 Å². The first-order chi connectivity index (χ1) is 10.7. The van der Waals surface area contributed by atoms with E-state index in [9.17, 15) is 4.79 Å². The van der Waals surface area contributed by atoms with Crippen molar-refractivity contribution >= 4 is 5.91 Å². The van der Waals surface area contributed by atoms with Crippen LogP contribution in [0.5, 0.6) is 0 Å². The third kappa shape index (κ3) is 5.31. The summed E-state index contributed by atoms with van der Waals surface area (Å²) in [6.07, 6.45) is 5.50. The molecular weight excluding hydrogens is 278 g/mol. The highest BCUT2D eigenvalue weighted by Crippen LogP contribution is 2.17. The quantitative estimate of drug-likeness (QED) is 0.784. The van der Waals surface area contributed by atoms with E-state index < -0.39 is 5.91 Å². The number of benzene rings is 1. The van der Waals surface area contributed by atoms with Gasteiger partial charge in [0.2, 0.25) is 17.6 Å². The maximum Gasteiger partial charge on any atom is 0.248 e. The van der Waals surface area contributed by atoms with Crippen molar-refractivity contribution in [1.29, 1.82) is 0 Å². The Labute approximate surface area is 131 Å². The van der Waals surface area contributed by atoms with Crippen molar-refractivity contribution in [2.24, 2.45) is 5.73 Å². The van der Waals surface area contributed by atoms with Crippen molar-refractivity contribution in [3.8, 4) is 11.4 Å². The fourth-order valence-corrected chi connectivity index (χ4v) is 1.96. The third-order valence-corrected chi connectivity index (χ3v) is 3.14. The van der Waals surface area contributed by atoms with Crippen molar-refractivity contribution in [2.75, 3.05) is 0 Å². The lowest BCUT2D eigenvalue weighted by Gasteiger charge is -1.96. The highest BCUT2D eigenvalue weighted by atomic mass is 16.5. The summed E-state index contributed by atoms with van der Waals surface area (Å²) in [5.41, 5.74) is 6.48. The van der Waals surface area contributed by atoms with Crippen molar-refractivity contribution in [3.05, 3.63) is 35.7 Å². The number of aromatic nitrogens is 2. The second-order valence-electron chi connectivity index (χ2n) is 4.76. The second kappa shape index (κ2) is 9.71. The molecule has 1 aromatic heterocycles. The molecule has 1 amide bonds. The van der Waals surface area contributed by atoms with E-state index in [4.69, 9.17) is 10.3 Å². The minimum absolute atomic E-state index is 0.443. The maximum atomic E-state index is 11.0. The van der Waals surface area contributed by atoms with Gasteiger partial charge in [-0.1, -0.05) is 57.3 Å². The topological polar surface area (TPSA) is 82.0 Å². The molecule has 5 heteroatoms. The molecule has 0 aliphatic carbocycles. The molecule has 0 aliphatic rings. The highest BCUT2D eigenvalue weighted by molar-refractivity contribution is 5.93. The molecule has 1 heterocycles. The van der Waals surface area contributed by atoms with Crippen LogP contribution in [0, 0.1) is 0 Å². The number of hydrogen-bond acceptors (Lipinski definition) is 4. The zero-order chi connectivity index (χ0) is 16.4. The first-order valence-corrected chi connectivity index (χ1v) is 7.93. The number of carbonyl (C=O) groups excluding carboxylic acids is 1. The fourth-order valence-electron chi connectivity index (χ4n) is 1.96. The molecule has 0 fully saturated rings. The van der Waals surface area contributed by atoms with E-state index in [0.717, 1.165) is 18.4 Å². The highest BCUT2D eigenvalue weighted by Gasteiger charge is 2.09. The molecule has 0 atom stereocenters. The number of primary amides is 1. The van der Waals surface area contributed by atoms with Gasteiger partial charge in [-0.15, -0.1) is 0 Å². The average Bonchev–Trinajstić information content (AvgIpc) is 3.02. The smallest absolute Gasteiger partial charge is 0.248 e. The molecule has 120 valence electrons. The van der Waals surface area contributed by atoms with Crippen LogP contribution in [0.4, 0.5) is 0 Å². The van der Waals surface area contributed by atoms with Crippen LogP contribution in [0.25, 0.3) is 11.4 Å². The van der Waals surface area contributed by atoms with Crippen LogP contribution >= 0.6 is 0 Å². The summed E-state index contributed by atoms with van der Waals surface area (Å²) in [5.74, 6) is 0.767. The van der Waals surface area contributed by atoms with Gasteiger partial charge in [-0.2, -0.15) is 4.98 Å². The summed E-state index contributed by atoms with van der Waals surface area (Å²) in [6, 6.07) is 6.86. The molecule has 0 radical (unpaired) electrons. The Hall–Kier alpha value is -2.17. The predicted molar refractivity (Wildman–Crippen MR) is 87.4 cm³/mol. The largest absolute Gasteiger partial charge is 0.366 e. The van der Waals surface area contributed by atoms with Crippen LogP contribution in [-0.4, -0.2) is 16.0 Å². The number of nitrogens with zero attached hydrogens (tertiary/aromatic N) is 2. The Morgan fingerprint density at radius 2 is 1.82 bits per heavy atom. The Morgan fingerprint density at radius 3 is 2.41 bits per heavy atom. The number of carbonyl (C=O) groups is 1. The van der Waals surface area contributed by atoms with Crippen LogP contribution in [0.15, 0.2) is 28.8 Å². The van der Waals surface area contributed by atoms with Crippen molar-refractivity contribution in [1.82, 2.24) is 10.1 Å². The number of unbranched alkanes of at least 4 members (excludes halogenated alkanes) is 3. The van der Waals surface area contributed by atoms with Crippen LogP contribution in [0.2, 0.25) is 0 Å². The number of nitrogens with two attached hydrogens (primary N) is 1. The van der Waals surface area contributed by atoms with Crippen LogP contribution < -0.4 is 5.73 Å². The lowest BCUT2D eigenvalue weighted by Crippen LogP contribution is -2.10. The molecule has 0 aliphatic heterocycles. The normalized spacial score (nSPS) is 9.95. The Kier molecular flexibility index (Phi) is 7.89. The molecular formula is C17H25N3O2. The summed E-state index contributed by atoms with van der Waals surface area (Å²) >= 11 is 0. The summed E-state index contributed by atoms with van der Waals surface area (Å²) in [6.45, 7) is 6.18. The molecule has 2 N–H and O–H groups in total. The van der Waals surface area contributed by atoms with E-state index in [1.807, 2.05) is 13.8 Å². The monoisotopic (exact) mass is 303 g/mol. The zero-order valence-electron chi connectivity index (χ0n) is 13.6. The van der Waals surface area contributed by atoms with E-state index in [-0.39, 0.29) is 0 Å². The molecule has 22 heavy (non-hydrogen) atoms. The number of hydrogen-bond donors (Lipinski definition) is 1. The van der Waals surface area contributed by atoms with E-state index >= 15 is 0 Å². The first-order valence-electron chi connectivity index (χ1n) is 7.93. The molecule has 0 bridgehead atoms. The van der Waals surface area contributed by atoms with E-state index in [0.29, 0.717) is 17.3 Å². The number of amides is 1. The number of rotatable bonds is 7. The van der Waals surface area contributed by atoms with Crippen molar-refractivity contribution in [2.45, 2.75) is 52.9 Å². The molecule has 2 rings (SSSR count). The van der Waals surface area contributed by atoms with Crippen molar-refractivity contribution < 1.29 is 9.32 Å². The summed E-state index contributed by atoms with van der Waals surface area (Å²) in [4.78, 5) is 15.4. The molecule has 0 spiro atoms. The second-order valence-corrected chi connectivity index (χ2v) is 4.76. The minimum atomic E-state index is -0.443. The molecule has 0 saturated heterocycles. The van der Waals surface area contributed by atoms with E-state index in [2.05, 4.69) is 17.1 Å². The molecule has 0 unspecified atom stereocenters. The molecule has 2 aromatic rings. The maximum absolute atomic E-state index is 11.0. The Balaban J connectivity index is 0.00000116. The van der Waals surface area contributed by atoms with Gasteiger partial charge in [0, 0.05) is 17.5 Å². The van der Waals surface area contributed by atoms with Gasteiger partial charge in [-0.25, -0.2) is 0 Å². The molecule has 1 aromatic carbocycles. The summed E-state index contributed by atoms with van der Waals surface area (Å²) in [5, 5.41) is 3.96. The molecule has 0 saturated carbocycles. The molecule has 5 nitrogen and oxygen atoms in total. The van der Waals surface area contributed by atoms with Crippen LogP contribution in [0.1, 0.15) is 62.7 Å². The SMILES string of the molecule is CC.CCCCCCc1nc(-c2ccc(C(N)=O)cc2)no1.